The summed E-state index contributed by atoms with van der Waals surface area (Å²) in [6.07, 6.45) is 3.87. The molecule has 4 nitrogen and oxygen atoms in total. The van der Waals surface area contributed by atoms with E-state index in [4.69, 9.17) is 0 Å². The third-order valence-electron chi connectivity index (χ3n) is 6.64. The fourth-order valence-electron chi connectivity index (χ4n) is 5.24. The van der Waals surface area contributed by atoms with Crippen LogP contribution in [0.2, 0.25) is 0 Å². The standard InChI is InChI=1S/C28H21N3O/c1-19-8-7-12-22(16-19)25-26(27(32)21-10-3-2-4-11-21)31-23-13-6-5-9-20(23)14-15-24(31)28(25,17-29)18-30/h2-16,24-26H,1H3/t24-,25-,26+/m1/s1. The molecule has 1 saturated heterocycles. The highest BCUT2D eigenvalue weighted by molar-refractivity contribution is 6.04. The molecule has 154 valence electrons. The van der Waals surface area contributed by atoms with Gasteiger partial charge in [-0.15, -0.1) is 0 Å². The number of rotatable bonds is 3. The fourth-order valence-corrected chi connectivity index (χ4v) is 5.24. The van der Waals surface area contributed by atoms with Gasteiger partial charge in [-0.3, -0.25) is 4.79 Å². The molecule has 3 aromatic carbocycles. The van der Waals surface area contributed by atoms with Gasteiger partial charge < -0.3 is 4.90 Å². The summed E-state index contributed by atoms with van der Waals surface area (Å²) in [6, 6.07) is 28.3. The Morgan fingerprint density at radius 3 is 2.38 bits per heavy atom. The lowest BCUT2D eigenvalue weighted by molar-refractivity contribution is 0.0951. The number of benzene rings is 3. The van der Waals surface area contributed by atoms with Gasteiger partial charge in [-0.05, 0) is 24.1 Å². The first kappa shape index (κ1) is 19.8. The first-order valence-electron chi connectivity index (χ1n) is 10.6. The molecular formula is C28H21N3O. The maximum absolute atomic E-state index is 14.0. The van der Waals surface area contributed by atoms with Crippen LogP contribution in [0.25, 0.3) is 6.08 Å². The number of hydrogen-bond acceptors (Lipinski definition) is 4. The molecule has 0 amide bonds. The summed E-state index contributed by atoms with van der Waals surface area (Å²) in [5.41, 5.74) is 2.88. The Kier molecular flexibility index (Phi) is 4.65. The van der Waals surface area contributed by atoms with E-state index in [1.165, 1.54) is 0 Å². The minimum Gasteiger partial charge on any atom is -0.351 e. The van der Waals surface area contributed by atoms with Gasteiger partial charge in [0.25, 0.3) is 0 Å². The number of nitrogens with zero attached hydrogens (tertiary/aromatic N) is 3. The Hall–Kier alpha value is -4.15. The first-order chi connectivity index (χ1) is 15.6. The third kappa shape index (κ3) is 2.77. The number of Topliss-reactive ketones (excluding diaryl/α,β-unsaturated/α-hetero) is 1. The van der Waals surface area contributed by atoms with Crippen LogP contribution < -0.4 is 4.90 Å². The van der Waals surface area contributed by atoms with E-state index < -0.39 is 23.4 Å². The predicted octanol–water partition coefficient (Wildman–Crippen LogP) is 5.28. The molecule has 1 fully saturated rings. The summed E-state index contributed by atoms with van der Waals surface area (Å²) >= 11 is 0. The van der Waals surface area contributed by atoms with Crippen LogP contribution in [0.5, 0.6) is 0 Å². The number of para-hydroxylation sites is 1. The molecule has 2 aliphatic heterocycles. The summed E-state index contributed by atoms with van der Waals surface area (Å²) in [5.74, 6) is -0.689. The van der Waals surface area contributed by atoms with Crippen molar-refractivity contribution in [2.45, 2.75) is 24.9 Å². The largest absolute Gasteiger partial charge is 0.351 e. The Morgan fingerprint density at radius 1 is 0.938 bits per heavy atom. The van der Waals surface area contributed by atoms with E-state index in [-0.39, 0.29) is 5.78 Å². The van der Waals surface area contributed by atoms with Crippen LogP contribution in [-0.2, 0) is 0 Å². The number of ketones is 1. The van der Waals surface area contributed by atoms with Gasteiger partial charge in [0, 0.05) is 17.2 Å². The van der Waals surface area contributed by atoms with Gasteiger partial charge in [0.1, 0.15) is 6.04 Å². The molecular weight excluding hydrogens is 394 g/mol. The van der Waals surface area contributed by atoms with Crippen molar-refractivity contribution in [2.75, 3.05) is 4.90 Å². The number of nitriles is 2. The van der Waals surface area contributed by atoms with Crippen molar-refractivity contribution in [1.82, 2.24) is 0 Å². The zero-order chi connectivity index (χ0) is 22.3. The molecule has 5 rings (SSSR count). The van der Waals surface area contributed by atoms with E-state index in [2.05, 4.69) is 12.1 Å². The SMILES string of the molecule is Cc1cccc([C@@H]2[C@@H](C(=O)c3ccccc3)N3c4ccccc4C=C[C@@H]3C2(C#N)C#N)c1. The zero-order valence-electron chi connectivity index (χ0n) is 17.6. The van der Waals surface area contributed by atoms with Gasteiger partial charge >= 0.3 is 0 Å². The topological polar surface area (TPSA) is 67.9 Å². The number of aryl methyl sites for hydroxylation is 1. The average Bonchev–Trinajstić information content (AvgIpc) is 3.15. The number of hydrogen-bond donors (Lipinski definition) is 0. The number of fused-ring (bicyclic) bond motifs is 3. The Bertz CT molecular complexity index is 1300. The minimum absolute atomic E-state index is 0.0837. The number of carbonyl (C=O) groups excluding carboxylic acids is 1. The van der Waals surface area contributed by atoms with E-state index >= 15 is 0 Å². The first-order valence-corrected chi connectivity index (χ1v) is 10.6. The monoisotopic (exact) mass is 415 g/mol. The van der Waals surface area contributed by atoms with E-state index in [1.54, 1.807) is 12.1 Å². The maximum Gasteiger partial charge on any atom is 0.185 e. The van der Waals surface area contributed by atoms with Crippen LogP contribution >= 0.6 is 0 Å². The van der Waals surface area contributed by atoms with Gasteiger partial charge in [0.05, 0.1) is 18.2 Å². The second-order valence-electron chi connectivity index (χ2n) is 8.43. The van der Waals surface area contributed by atoms with Crippen molar-refractivity contribution in [1.29, 1.82) is 10.5 Å². The summed E-state index contributed by atoms with van der Waals surface area (Å²) in [5, 5.41) is 20.9. The number of carbonyl (C=O) groups is 1. The third-order valence-corrected chi connectivity index (χ3v) is 6.64. The van der Waals surface area contributed by atoms with Crippen molar-refractivity contribution in [2.24, 2.45) is 5.41 Å². The molecule has 0 aromatic heterocycles. The second-order valence-corrected chi connectivity index (χ2v) is 8.43. The van der Waals surface area contributed by atoms with Crippen LogP contribution in [0.1, 0.15) is 33.0 Å². The maximum atomic E-state index is 14.0. The number of anilines is 1. The van der Waals surface area contributed by atoms with Crippen molar-refractivity contribution in [3.8, 4) is 12.1 Å². The van der Waals surface area contributed by atoms with Gasteiger partial charge in [-0.2, -0.15) is 10.5 Å². The summed E-state index contributed by atoms with van der Waals surface area (Å²) in [6.45, 7) is 1.98. The molecule has 32 heavy (non-hydrogen) atoms. The molecule has 3 atom stereocenters. The predicted molar refractivity (Wildman–Crippen MR) is 124 cm³/mol. The molecule has 0 saturated carbocycles. The molecule has 4 heteroatoms. The lowest BCUT2D eigenvalue weighted by Gasteiger charge is -2.35. The average molecular weight is 415 g/mol. The fraction of sp³-hybridized carbons (Fsp3) is 0.179. The molecule has 3 aromatic rings. The van der Waals surface area contributed by atoms with Crippen LogP contribution in [0.3, 0.4) is 0 Å². The van der Waals surface area contributed by atoms with Crippen molar-refractivity contribution >= 4 is 17.5 Å². The zero-order valence-corrected chi connectivity index (χ0v) is 17.6. The molecule has 0 aliphatic carbocycles. The summed E-state index contributed by atoms with van der Waals surface area (Å²) in [7, 11) is 0. The van der Waals surface area contributed by atoms with Crippen LogP contribution in [0, 0.1) is 35.0 Å². The highest BCUT2D eigenvalue weighted by Crippen LogP contribution is 2.55. The van der Waals surface area contributed by atoms with Crippen LogP contribution in [0.15, 0.2) is 84.9 Å². The van der Waals surface area contributed by atoms with Gasteiger partial charge in [0.15, 0.2) is 11.2 Å². The van der Waals surface area contributed by atoms with Gasteiger partial charge in [-0.25, -0.2) is 0 Å². The normalized spacial score (nSPS) is 22.3. The molecule has 0 unspecified atom stereocenters. The molecule has 0 bridgehead atoms. The Balaban J connectivity index is 1.80. The molecule has 0 spiro atoms. The summed E-state index contributed by atoms with van der Waals surface area (Å²) in [4.78, 5) is 16.0. The van der Waals surface area contributed by atoms with Gasteiger partial charge in [-0.1, -0.05) is 90.5 Å². The van der Waals surface area contributed by atoms with Crippen molar-refractivity contribution < 1.29 is 4.79 Å². The van der Waals surface area contributed by atoms with Crippen LogP contribution in [0.4, 0.5) is 5.69 Å². The Morgan fingerprint density at radius 2 is 1.66 bits per heavy atom. The van der Waals surface area contributed by atoms with Crippen molar-refractivity contribution in [3.63, 3.8) is 0 Å². The molecule has 0 radical (unpaired) electrons. The second kappa shape index (κ2) is 7.52. The quantitative estimate of drug-likeness (QED) is 0.546. The smallest absolute Gasteiger partial charge is 0.185 e. The van der Waals surface area contributed by atoms with E-state index in [1.807, 2.05) is 90.7 Å². The summed E-state index contributed by atoms with van der Waals surface area (Å²) < 4.78 is 0. The van der Waals surface area contributed by atoms with Crippen LogP contribution in [-0.4, -0.2) is 17.9 Å². The van der Waals surface area contributed by atoms with Gasteiger partial charge in [0.2, 0.25) is 0 Å². The Labute approximate surface area is 187 Å². The van der Waals surface area contributed by atoms with Crippen molar-refractivity contribution in [3.05, 3.63) is 107 Å². The highest BCUT2D eigenvalue weighted by Gasteiger charge is 2.63. The molecule has 0 N–H and O–H groups in total. The molecule has 2 aliphatic rings. The van der Waals surface area contributed by atoms with E-state index in [9.17, 15) is 15.3 Å². The lowest BCUT2D eigenvalue weighted by Crippen LogP contribution is -2.44. The highest BCUT2D eigenvalue weighted by atomic mass is 16.1. The van der Waals surface area contributed by atoms with E-state index in [0.29, 0.717) is 5.56 Å². The minimum atomic E-state index is -1.41. The van der Waals surface area contributed by atoms with E-state index in [0.717, 1.165) is 22.4 Å². The molecule has 2 heterocycles. The lowest BCUT2D eigenvalue weighted by atomic mass is 9.69.